The Morgan fingerprint density at radius 3 is 2.95 bits per heavy atom. The number of rotatable bonds is 5. The fourth-order valence-corrected chi connectivity index (χ4v) is 4.76. The topological polar surface area (TPSA) is 68.0 Å². The van der Waals surface area contributed by atoms with Crippen molar-refractivity contribution >= 4 is 17.2 Å². The van der Waals surface area contributed by atoms with E-state index in [1.165, 1.54) is 34.8 Å². The summed E-state index contributed by atoms with van der Waals surface area (Å²) in [6.45, 7) is 1.34. The summed E-state index contributed by atoms with van der Waals surface area (Å²) in [5, 5.41) is 4.27. The van der Waals surface area contributed by atoms with Crippen LogP contribution in [-0.2, 0) is 24.1 Å². The summed E-state index contributed by atoms with van der Waals surface area (Å²) in [5.41, 5.74) is 7.06. The Balaban J connectivity index is 1.47. The van der Waals surface area contributed by atoms with Crippen LogP contribution in [0.25, 0.3) is 0 Å². The van der Waals surface area contributed by atoms with Crippen LogP contribution in [0.2, 0.25) is 0 Å². The quantitative estimate of drug-likeness (QED) is 0.875. The molecule has 3 rings (SSSR count). The van der Waals surface area contributed by atoms with E-state index in [0.29, 0.717) is 19.0 Å². The zero-order chi connectivity index (χ0) is 14.7. The van der Waals surface area contributed by atoms with Gasteiger partial charge in [0.1, 0.15) is 0 Å². The number of aryl methyl sites for hydroxylation is 2. The fraction of sp³-hybridized carbons (Fsp3) is 0.750. The van der Waals surface area contributed by atoms with E-state index in [2.05, 4.69) is 5.32 Å². The van der Waals surface area contributed by atoms with Gasteiger partial charge in [-0.3, -0.25) is 4.79 Å². The third kappa shape index (κ3) is 3.46. The van der Waals surface area contributed by atoms with Crippen molar-refractivity contribution in [2.45, 2.75) is 51.4 Å². The van der Waals surface area contributed by atoms with Gasteiger partial charge in [-0.15, -0.1) is 11.3 Å². The van der Waals surface area contributed by atoms with Gasteiger partial charge in [0.05, 0.1) is 10.7 Å². The molecule has 0 saturated heterocycles. The Hall–Kier alpha value is -0.940. The normalized spacial score (nSPS) is 24.8. The van der Waals surface area contributed by atoms with Crippen molar-refractivity contribution in [2.75, 3.05) is 13.1 Å². The summed E-state index contributed by atoms with van der Waals surface area (Å²) >= 11 is 1.84. The highest BCUT2D eigenvalue weighted by molar-refractivity contribution is 7.11. The second-order valence-corrected chi connectivity index (χ2v) is 7.43. The standard InChI is InChI=1S/C16H25N3OS/c17-10-11-4-3-5-12(11)16(20)18-9-8-15-19-13-6-1-2-7-14(13)21-15/h11-12H,1-10,17H2,(H,18,20)/t11-,12-/m1/s1. The maximum absolute atomic E-state index is 12.2. The molecule has 5 heteroatoms. The van der Waals surface area contributed by atoms with Gasteiger partial charge in [0.2, 0.25) is 5.91 Å². The lowest BCUT2D eigenvalue weighted by Crippen LogP contribution is -2.36. The smallest absolute Gasteiger partial charge is 0.223 e. The third-order valence-corrected chi connectivity index (χ3v) is 6.04. The first-order valence-corrected chi connectivity index (χ1v) is 9.05. The molecular weight excluding hydrogens is 282 g/mol. The van der Waals surface area contributed by atoms with Crippen LogP contribution in [0.4, 0.5) is 0 Å². The van der Waals surface area contributed by atoms with Gasteiger partial charge in [-0.05, 0) is 51.0 Å². The van der Waals surface area contributed by atoms with Crippen molar-refractivity contribution in [2.24, 2.45) is 17.6 Å². The Bertz CT molecular complexity index is 476. The maximum Gasteiger partial charge on any atom is 0.223 e. The number of fused-ring (bicyclic) bond motifs is 1. The Morgan fingerprint density at radius 1 is 1.29 bits per heavy atom. The molecule has 1 amide bonds. The first kappa shape index (κ1) is 15.0. The molecular formula is C16H25N3OS. The van der Waals surface area contributed by atoms with Crippen LogP contribution in [0.15, 0.2) is 0 Å². The van der Waals surface area contributed by atoms with E-state index in [9.17, 15) is 4.79 Å². The number of nitrogens with zero attached hydrogens (tertiary/aromatic N) is 1. The number of nitrogens with two attached hydrogens (primary N) is 1. The molecule has 1 aromatic rings. The van der Waals surface area contributed by atoms with E-state index in [-0.39, 0.29) is 11.8 Å². The van der Waals surface area contributed by atoms with Gasteiger partial charge in [0.25, 0.3) is 0 Å². The Kier molecular flexibility index (Phi) is 4.91. The first-order chi connectivity index (χ1) is 10.3. The van der Waals surface area contributed by atoms with E-state index < -0.39 is 0 Å². The predicted molar refractivity (Wildman–Crippen MR) is 85.4 cm³/mol. The minimum atomic E-state index is 0.138. The molecule has 3 N–H and O–H groups in total. The van der Waals surface area contributed by atoms with Crippen molar-refractivity contribution < 1.29 is 4.79 Å². The molecule has 2 aliphatic rings. The van der Waals surface area contributed by atoms with Crippen LogP contribution >= 0.6 is 11.3 Å². The highest BCUT2D eigenvalue weighted by Crippen LogP contribution is 2.31. The fourth-order valence-electron chi connectivity index (χ4n) is 3.60. The lowest BCUT2D eigenvalue weighted by molar-refractivity contribution is -0.125. The zero-order valence-electron chi connectivity index (χ0n) is 12.6. The van der Waals surface area contributed by atoms with Crippen molar-refractivity contribution in [1.29, 1.82) is 0 Å². The molecule has 0 bridgehead atoms. The third-order valence-electron chi connectivity index (χ3n) is 4.83. The van der Waals surface area contributed by atoms with E-state index in [1.807, 2.05) is 11.3 Å². The molecule has 21 heavy (non-hydrogen) atoms. The molecule has 0 radical (unpaired) electrons. The number of nitrogens with one attached hydrogen (secondary N) is 1. The van der Waals surface area contributed by atoms with E-state index in [1.54, 1.807) is 0 Å². The number of aromatic nitrogens is 1. The van der Waals surface area contributed by atoms with Crippen molar-refractivity contribution in [3.63, 3.8) is 0 Å². The molecule has 2 atom stereocenters. The summed E-state index contributed by atoms with van der Waals surface area (Å²) < 4.78 is 0. The van der Waals surface area contributed by atoms with Crippen LogP contribution in [0.5, 0.6) is 0 Å². The van der Waals surface area contributed by atoms with Gasteiger partial charge in [0, 0.05) is 23.8 Å². The van der Waals surface area contributed by atoms with E-state index in [0.717, 1.165) is 32.1 Å². The molecule has 0 aliphatic heterocycles. The average molecular weight is 307 g/mol. The minimum Gasteiger partial charge on any atom is -0.355 e. The molecule has 0 unspecified atom stereocenters. The van der Waals surface area contributed by atoms with E-state index in [4.69, 9.17) is 10.7 Å². The van der Waals surface area contributed by atoms with Crippen molar-refractivity contribution in [1.82, 2.24) is 10.3 Å². The van der Waals surface area contributed by atoms with Crippen molar-refractivity contribution in [3.8, 4) is 0 Å². The van der Waals surface area contributed by atoms with Crippen LogP contribution in [-0.4, -0.2) is 24.0 Å². The van der Waals surface area contributed by atoms with Gasteiger partial charge in [-0.2, -0.15) is 0 Å². The summed E-state index contributed by atoms with van der Waals surface area (Å²) in [4.78, 5) is 18.4. The lowest BCUT2D eigenvalue weighted by Gasteiger charge is -2.17. The molecule has 4 nitrogen and oxygen atoms in total. The van der Waals surface area contributed by atoms with Gasteiger partial charge < -0.3 is 11.1 Å². The Morgan fingerprint density at radius 2 is 2.14 bits per heavy atom. The second-order valence-electron chi connectivity index (χ2n) is 6.26. The molecule has 1 heterocycles. The van der Waals surface area contributed by atoms with Crippen LogP contribution in [0, 0.1) is 11.8 Å². The summed E-state index contributed by atoms with van der Waals surface area (Å²) in [6, 6.07) is 0. The predicted octanol–water partition coefficient (Wildman–Crippen LogP) is 2.06. The number of thiazole rings is 1. The number of carbonyl (C=O) groups excluding carboxylic acids is 1. The second kappa shape index (κ2) is 6.88. The monoisotopic (exact) mass is 307 g/mol. The largest absolute Gasteiger partial charge is 0.355 e. The van der Waals surface area contributed by atoms with Crippen LogP contribution in [0.3, 0.4) is 0 Å². The molecule has 116 valence electrons. The van der Waals surface area contributed by atoms with Crippen LogP contribution < -0.4 is 11.1 Å². The highest BCUT2D eigenvalue weighted by Gasteiger charge is 2.31. The Labute approximate surface area is 130 Å². The van der Waals surface area contributed by atoms with Gasteiger partial charge in [0.15, 0.2) is 0 Å². The molecule has 0 spiro atoms. The number of hydrogen-bond donors (Lipinski definition) is 2. The zero-order valence-corrected chi connectivity index (χ0v) is 13.4. The molecule has 1 saturated carbocycles. The number of amides is 1. The summed E-state index contributed by atoms with van der Waals surface area (Å²) in [5.74, 6) is 0.723. The summed E-state index contributed by atoms with van der Waals surface area (Å²) in [7, 11) is 0. The van der Waals surface area contributed by atoms with Crippen molar-refractivity contribution in [3.05, 3.63) is 15.6 Å². The number of carbonyl (C=O) groups is 1. The molecule has 1 aromatic heterocycles. The molecule has 1 fully saturated rings. The average Bonchev–Trinajstić information content (AvgIpc) is 3.12. The number of hydrogen-bond acceptors (Lipinski definition) is 4. The molecule has 2 aliphatic carbocycles. The molecule has 0 aromatic carbocycles. The van der Waals surface area contributed by atoms with Gasteiger partial charge in [-0.25, -0.2) is 4.98 Å². The van der Waals surface area contributed by atoms with E-state index >= 15 is 0 Å². The maximum atomic E-state index is 12.2. The highest BCUT2D eigenvalue weighted by atomic mass is 32.1. The first-order valence-electron chi connectivity index (χ1n) is 8.23. The minimum absolute atomic E-state index is 0.138. The SMILES string of the molecule is NC[C@H]1CCC[C@H]1C(=O)NCCc1nc2c(s1)CCCC2. The van der Waals surface area contributed by atoms with Crippen LogP contribution in [0.1, 0.15) is 47.7 Å². The van der Waals surface area contributed by atoms with Gasteiger partial charge >= 0.3 is 0 Å². The summed E-state index contributed by atoms with van der Waals surface area (Å²) in [6.07, 6.45) is 9.01. The lowest BCUT2D eigenvalue weighted by atomic mass is 9.95. The van der Waals surface area contributed by atoms with Gasteiger partial charge in [-0.1, -0.05) is 6.42 Å².